The molecule has 9 heteroatoms. The summed E-state index contributed by atoms with van der Waals surface area (Å²) >= 11 is 13.5. The van der Waals surface area contributed by atoms with Crippen molar-refractivity contribution in [3.05, 3.63) is 96.7 Å². The van der Waals surface area contributed by atoms with E-state index in [2.05, 4.69) is 17.0 Å². The summed E-state index contributed by atoms with van der Waals surface area (Å²) in [5, 5.41) is 5.37. The zero-order valence-electron chi connectivity index (χ0n) is 18.6. The number of ether oxygens (including phenoxy) is 1. The molecule has 0 unspecified atom stereocenters. The van der Waals surface area contributed by atoms with Crippen LogP contribution in [0.3, 0.4) is 0 Å². The third kappa shape index (κ3) is 5.17. The van der Waals surface area contributed by atoms with Gasteiger partial charge in [0.1, 0.15) is 21.8 Å². The fourth-order valence-electron chi connectivity index (χ4n) is 3.38. The van der Waals surface area contributed by atoms with Crippen LogP contribution in [0.4, 0.5) is 0 Å². The maximum absolute atomic E-state index is 12.8. The van der Waals surface area contributed by atoms with E-state index in [-0.39, 0.29) is 5.56 Å². The van der Waals surface area contributed by atoms with Crippen LogP contribution in [-0.2, 0) is 0 Å². The van der Waals surface area contributed by atoms with Crippen LogP contribution in [0.1, 0.15) is 30.5 Å². The third-order valence-electron chi connectivity index (χ3n) is 5.07. The standard InChI is InChI=1S/C26H19Cl2N3O3S/c1-2-13-33-18-7-3-16(4-8-18)5-12-24-29-26-31(30-24)25(32)23(35-26)15-19-9-11-22(34-19)20-10-6-17(27)14-21(20)28/h3-12,14-15H,2,13H2,1H3/b12-5+,23-15-. The monoisotopic (exact) mass is 523 g/mol. The lowest BCUT2D eigenvalue weighted by Crippen LogP contribution is -2.23. The van der Waals surface area contributed by atoms with Gasteiger partial charge in [0.15, 0.2) is 5.82 Å². The van der Waals surface area contributed by atoms with Crippen molar-refractivity contribution < 1.29 is 9.15 Å². The van der Waals surface area contributed by atoms with E-state index in [0.717, 1.165) is 23.3 Å². The van der Waals surface area contributed by atoms with Gasteiger partial charge in [-0.25, -0.2) is 0 Å². The Balaban J connectivity index is 1.36. The molecule has 0 spiro atoms. The molecule has 0 saturated carbocycles. The minimum absolute atomic E-state index is 0.253. The highest BCUT2D eigenvalue weighted by molar-refractivity contribution is 7.15. The molecule has 3 aromatic heterocycles. The topological polar surface area (TPSA) is 69.6 Å². The second-order valence-corrected chi connectivity index (χ2v) is 9.51. The fraction of sp³-hybridized carbons (Fsp3) is 0.115. The molecule has 2 aromatic carbocycles. The van der Waals surface area contributed by atoms with E-state index in [1.54, 1.807) is 42.5 Å². The largest absolute Gasteiger partial charge is 0.494 e. The predicted molar refractivity (Wildman–Crippen MR) is 141 cm³/mol. The predicted octanol–water partition coefficient (Wildman–Crippen LogP) is 6.22. The number of hydrogen-bond donors (Lipinski definition) is 0. The lowest BCUT2D eigenvalue weighted by molar-refractivity contribution is 0.317. The molecular formula is C26H19Cl2N3O3S. The molecule has 0 aliphatic rings. The molecule has 0 amide bonds. The molecule has 0 fully saturated rings. The summed E-state index contributed by atoms with van der Waals surface area (Å²) < 4.78 is 13.3. The van der Waals surface area contributed by atoms with Gasteiger partial charge in [-0.1, -0.05) is 59.7 Å². The number of nitrogens with zero attached hydrogens (tertiary/aromatic N) is 3. The summed E-state index contributed by atoms with van der Waals surface area (Å²) in [6, 6.07) is 16.5. The molecular weight excluding hydrogens is 505 g/mol. The average molecular weight is 524 g/mol. The fourth-order valence-corrected chi connectivity index (χ4v) is 4.78. The lowest BCUT2D eigenvalue weighted by atomic mass is 10.2. The van der Waals surface area contributed by atoms with Gasteiger partial charge in [-0.15, -0.1) is 5.10 Å². The summed E-state index contributed by atoms with van der Waals surface area (Å²) in [6.45, 7) is 2.76. The van der Waals surface area contributed by atoms with Crippen LogP contribution in [0.15, 0.2) is 63.8 Å². The van der Waals surface area contributed by atoms with E-state index < -0.39 is 0 Å². The molecule has 0 saturated heterocycles. The molecule has 5 rings (SSSR count). The van der Waals surface area contributed by atoms with E-state index in [0.29, 0.717) is 43.5 Å². The van der Waals surface area contributed by atoms with E-state index in [9.17, 15) is 4.79 Å². The summed E-state index contributed by atoms with van der Waals surface area (Å²) in [5.74, 6) is 2.41. The van der Waals surface area contributed by atoms with Crippen molar-refractivity contribution in [3.8, 4) is 17.1 Å². The second kappa shape index (κ2) is 10.1. The Morgan fingerprint density at radius 1 is 1.09 bits per heavy atom. The molecule has 3 heterocycles. The lowest BCUT2D eigenvalue weighted by Gasteiger charge is -2.03. The van der Waals surface area contributed by atoms with Crippen molar-refractivity contribution in [1.82, 2.24) is 14.6 Å². The van der Waals surface area contributed by atoms with Crippen LogP contribution in [0.5, 0.6) is 5.75 Å². The zero-order chi connectivity index (χ0) is 24.4. The molecule has 0 radical (unpaired) electrons. The van der Waals surface area contributed by atoms with Gasteiger partial charge in [0, 0.05) is 16.7 Å². The number of furan rings is 1. The van der Waals surface area contributed by atoms with Crippen LogP contribution in [0, 0.1) is 0 Å². The number of rotatable bonds is 7. The second-order valence-electron chi connectivity index (χ2n) is 7.66. The smallest absolute Gasteiger partial charge is 0.291 e. The molecule has 0 atom stereocenters. The van der Waals surface area contributed by atoms with Gasteiger partial charge in [0.2, 0.25) is 4.96 Å². The number of halogens is 2. The molecule has 35 heavy (non-hydrogen) atoms. The Kier molecular flexibility index (Phi) is 6.72. The Labute approximate surface area is 214 Å². The Bertz CT molecular complexity index is 1630. The Hall–Kier alpha value is -3.39. The van der Waals surface area contributed by atoms with Gasteiger partial charge in [-0.2, -0.15) is 9.50 Å². The number of fused-ring (bicyclic) bond motifs is 1. The molecule has 0 N–H and O–H groups in total. The van der Waals surface area contributed by atoms with Crippen molar-refractivity contribution in [2.45, 2.75) is 13.3 Å². The molecule has 5 aromatic rings. The summed E-state index contributed by atoms with van der Waals surface area (Å²) in [7, 11) is 0. The number of benzene rings is 2. The normalized spacial score (nSPS) is 12.3. The van der Waals surface area contributed by atoms with Gasteiger partial charge in [-0.3, -0.25) is 4.79 Å². The van der Waals surface area contributed by atoms with Crippen molar-refractivity contribution in [1.29, 1.82) is 0 Å². The maximum Gasteiger partial charge on any atom is 0.291 e. The van der Waals surface area contributed by atoms with E-state index in [4.69, 9.17) is 32.4 Å². The van der Waals surface area contributed by atoms with E-state index in [1.165, 1.54) is 15.9 Å². The van der Waals surface area contributed by atoms with Crippen molar-refractivity contribution >= 4 is 57.7 Å². The zero-order valence-corrected chi connectivity index (χ0v) is 20.9. The van der Waals surface area contributed by atoms with E-state index in [1.807, 2.05) is 30.3 Å². The highest BCUT2D eigenvalue weighted by atomic mass is 35.5. The summed E-state index contributed by atoms with van der Waals surface area (Å²) in [6.07, 6.45) is 6.31. The van der Waals surface area contributed by atoms with Crippen LogP contribution in [0.2, 0.25) is 10.0 Å². The van der Waals surface area contributed by atoms with Gasteiger partial charge in [0.05, 0.1) is 11.6 Å². The number of thiazole rings is 1. The van der Waals surface area contributed by atoms with E-state index >= 15 is 0 Å². The van der Waals surface area contributed by atoms with Crippen molar-refractivity contribution in [2.75, 3.05) is 6.61 Å². The molecule has 0 bridgehead atoms. The maximum atomic E-state index is 12.8. The number of hydrogen-bond acceptors (Lipinski definition) is 6. The summed E-state index contributed by atoms with van der Waals surface area (Å²) in [4.78, 5) is 17.8. The first-order chi connectivity index (χ1) is 17.0. The minimum atomic E-state index is -0.253. The van der Waals surface area contributed by atoms with Crippen LogP contribution >= 0.6 is 34.5 Å². The van der Waals surface area contributed by atoms with Crippen LogP contribution < -0.4 is 14.8 Å². The first kappa shape index (κ1) is 23.4. The van der Waals surface area contributed by atoms with Crippen molar-refractivity contribution in [3.63, 3.8) is 0 Å². The Morgan fingerprint density at radius 2 is 1.91 bits per heavy atom. The van der Waals surface area contributed by atoms with Crippen LogP contribution in [0.25, 0.3) is 34.5 Å². The molecule has 0 aliphatic heterocycles. The van der Waals surface area contributed by atoms with Gasteiger partial charge < -0.3 is 9.15 Å². The third-order valence-corrected chi connectivity index (χ3v) is 6.58. The Morgan fingerprint density at radius 3 is 2.66 bits per heavy atom. The first-order valence-corrected chi connectivity index (χ1v) is 12.4. The first-order valence-electron chi connectivity index (χ1n) is 10.9. The van der Waals surface area contributed by atoms with Gasteiger partial charge >= 0.3 is 0 Å². The number of aromatic nitrogens is 3. The SMILES string of the molecule is CCCOc1ccc(/C=C/c2nc3s/c(=C\c4ccc(-c5ccc(Cl)cc5Cl)o4)c(=O)n3n2)cc1. The van der Waals surface area contributed by atoms with Crippen molar-refractivity contribution in [2.24, 2.45) is 0 Å². The summed E-state index contributed by atoms with van der Waals surface area (Å²) in [5.41, 5.74) is 1.45. The quantitative estimate of drug-likeness (QED) is 0.253. The minimum Gasteiger partial charge on any atom is -0.494 e. The highest BCUT2D eigenvalue weighted by Gasteiger charge is 2.11. The van der Waals surface area contributed by atoms with Gasteiger partial charge in [-0.05, 0) is 60.5 Å². The average Bonchev–Trinajstić information content (AvgIpc) is 3.54. The highest BCUT2D eigenvalue weighted by Crippen LogP contribution is 2.31. The van der Waals surface area contributed by atoms with Crippen LogP contribution in [-0.4, -0.2) is 21.2 Å². The molecule has 0 aliphatic carbocycles. The molecule has 6 nitrogen and oxygen atoms in total. The molecule has 176 valence electrons. The van der Waals surface area contributed by atoms with Gasteiger partial charge in [0.25, 0.3) is 5.56 Å².